The van der Waals surface area contributed by atoms with E-state index in [-0.39, 0.29) is 11.4 Å². The quantitative estimate of drug-likeness (QED) is 0.373. The van der Waals surface area contributed by atoms with Crippen molar-refractivity contribution in [3.63, 3.8) is 0 Å². The number of hydrogen-bond acceptors (Lipinski definition) is 5. The van der Waals surface area contributed by atoms with Crippen LogP contribution in [0.1, 0.15) is 24.0 Å². The van der Waals surface area contributed by atoms with E-state index in [9.17, 15) is 13.2 Å². The number of carbonyl (C=O) groups is 1. The summed E-state index contributed by atoms with van der Waals surface area (Å²) in [5.74, 6) is 0.258. The predicted molar refractivity (Wildman–Crippen MR) is 131 cm³/mol. The smallest absolute Gasteiger partial charge is 0.258 e. The van der Waals surface area contributed by atoms with Crippen LogP contribution in [0.3, 0.4) is 0 Å². The average molecular weight is 498 g/mol. The van der Waals surface area contributed by atoms with Crippen LogP contribution in [0.25, 0.3) is 0 Å². The van der Waals surface area contributed by atoms with Crippen LogP contribution in [0.15, 0.2) is 88.9 Å². The molecule has 9 heteroatoms. The minimum absolute atomic E-state index is 0.106. The first-order valence-corrected chi connectivity index (χ1v) is 12.6. The molecule has 1 saturated heterocycles. The monoisotopic (exact) mass is 497 g/mol. The summed E-state index contributed by atoms with van der Waals surface area (Å²) < 4.78 is 33.0. The molecule has 0 bridgehead atoms. The van der Waals surface area contributed by atoms with Crippen molar-refractivity contribution in [2.45, 2.75) is 30.4 Å². The molecule has 0 unspecified atom stereocenters. The van der Waals surface area contributed by atoms with Crippen LogP contribution in [0.5, 0.6) is 5.75 Å². The maximum atomic E-state index is 13.0. The molecule has 1 heterocycles. The molecule has 1 N–H and O–H groups in total. The topological polar surface area (TPSA) is 88.1 Å². The number of nitrogens with one attached hydrogen (secondary N) is 1. The molecular weight excluding hydrogens is 474 g/mol. The molecule has 0 aliphatic carbocycles. The van der Waals surface area contributed by atoms with Gasteiger partial charge < -0.3 is 4.74 Å². The standard InChI is InChI=1S/C25H24ClN3O4S/c26-21-10-14-23(15-11-21)34(31,32)29-16-4-7-24(29)25(30)28-27-17-19-8-12-22(13-9-19)33-18-20-5-2-1-3-6-20/h1-3,5-6,8-15,17,24H,4,7,16,18H2,(H,28,30)/b27-17-/t24-/m1/s1. The number of rotatable bonds is 8. The van der Waals surface area contributed by atoms with Gasteiger partial charge in [-0.1, -0.05) is 41.9 Å². The second kappa shape index (κ2) is 10.8. The van der Waals surface area contributed by atoms with Crippen molar-refractivity contribution in [2.24, 2.45) is 5.10 Å². The second-order valence-electron chi connectivity index (χ2n) is 7.81. The van der Waals surface area contributed by atoms with Gasteiger partial charge in [0.05, 0.1) is 11.1 Å². The fraction of sp³-hybridized carbons (Fsp3) is 0.200. The molecule has 7 nitrogen and oxygen atoms in total. The summed E-state index contributed by atoms with van der Waals surface area (Å²) in [6.45, 7) is 0.748. The number of ether oxygens (including phenoxy) is 1. The SMILES string of the molecule is O=C(N/N=C\c1ccc(OCc2ccccc2)cc1)[C@H]1CCCN1S(=O)(=O)c1ccc(Cl)cc1. The first-order valence-electron chi connectivity index (χ1n) is 10.8. The van der Waals surface area contributed by atoms with E-state index in [0.717, 1.165) is 16.9 Å². The van der Waals surface area contributed by atoms with Crippen LogP contribution in [0, 0.1) is 0 Å². The van der Waals surface area contributed by atoms with E-state index < -0.39 is 22.0 Å². The number of hydrazone groups is 1. The molecule has 34 heavy (non-hydrogen) atoms. The number of nitrogens with zero attached hydrogens (tertiary/aromatic N) is 2. The van der Waals surface area contributed by atoms with E-state index in [1.54, 1.807) is 0 Å². The van der Waals surface area contributed by atoms with Crippen LogP contribution in [-0.2, 0) is 21.4 Å². The summed E-state index contributed by atoms with van der Waals surface area (Å²) in [5.41, 5.74) is 4.32. The lowest BCUT2D eigenvalue weighted by molar-refractivity contribution is -0.124. The van der Waals surface area contributed by atoms with Gasteiger partial charge in [-0.3, -0.25) is 4.79 Å². The Kier molecular flexibility index (Phi) is 7.62. The molecule has 1 fully saturated rings. The van der Waals surface area contributed by atoms with E-state index in [2.05, 4.69) is 10.5 Å². The molecule has 0 radical (unpaired) electrons. The van der Waals surface area contributed by atoms with Crippen LogP contribution < -0.4 is 10.2 Å². The largest absolute Gasteiger partial charge is 0.489 e. The number of halogens is 1. The molecule has 0 saturated carbocycles. The van der Waals surface area contributed by atoms with E-state index in [4.69, 9.17) is 16.3 Å². The van der Waals surface area contributed by atoms with E-state index in [1.165, 1.54) is 34.8 Å². The van der Waals surface area contributed by atoms with E-state index in [0.29, 0.717) is 24.5 Å². The van der Waals surface area contributed by atoms with Gasteiger partial charge in [0.2, 0.25) is 10.0 Å². The molecular formula is C25H24ClN3O4S. The summed E-state index contributed by atoms with van der Waals surface area (Å²) in [6.07, 6.45) is 2.53. The van der Waals surface area contributed by atoms with Gasteiger partial charge in [0.25, 0.3) is 5.91 Å². The molecule has 3 aromatic rings. The summed E-state index contributed by atoms with van der Waals surface area (Å²) in [4.78, 5) is 12.8. The Morgan fingerprint density at radius 1 is 1.06 bits per heavy atom. The zero-order chi connectivity index (χ0) is 24.0. The van der Waals surface area contributed by atoms with E-state index in [1.807, 2.05) is 54.6 Å². The van der Waals surface area contributed by atoms with Gasteiger partial charge in [-0.05, 0) is 72.5 Å². The third-order valence-corrected chi connectivity index (χ3v) is 7.62. The van der Waals surface area contributed by atoms with Gasteiger partial charge in [0, 0.05) is 11.6 Å². The highest BCUT2D eigenvalue weighted by atomic mass is 35.5. The maximum Gasteiger partial charge on any atom is 0.258 e. The summed E-state index contributed by atoms with van der Waals surface area (Å²) in [6, 6.07) is 22.3. The lowest BCUT2D eigenvalue weighted by Crippen LogP contribution is -2.44. The fourth-order valence-electron chi connectivity index (χ4n) is 3.67. The highest BCUT2D eigenvalue weighted by molar-refractivity contribution is 7.89. The number of carbonyl (C=O) groups excluding carboxylic acids is 1. The first-order chi connectivity index (χ1) is 16.4. The van der Waals surface area contributed by atoms with E-state index >= 15 is 0 Å². The molecule has 0 aromatic heterocycles. The van der Waals surface area contributed by atoms with Gasteiger partial charge >= 0.3 is 0 Å². The number of sulfonamides is 1. The van der Waals surface area contributed by atoms with Crippen LogP contribution in [-0.4, -0.2) is 37.4 Å². The number of benzene rings is 3. The van der Waals surface area contributed by atoms with Gasteiger partial charge in [0.15, 0.2) is 0 Å². The third-order valence-electron chi connectivity index (χ3n) is 5.44. The van der Waals surface area contributed by atoms with Crippen molar-refractivity contribution < 1.29 is 17.9 Å². The second-order valence-corrected chi connectivity index (χ2v) is 10.1. The fourth-order valence-corrected chi connectivity index (χ4v) is 5.45. The summed E-state index contributed by atoms with van der Waals surface area (Å²) in [7, 11) is -3.81. The highest BCUT2D eigenvalue weighted by Crippen LogP contribution is 2.27. The van der Waals surface area contributed by atoms with Crippen molar-refractivity contribution in [1.29, 1.82) is 0 Å². The Bertz CT molecular complexity index is 1250. The van der Waals surface area contributed by atoms with Gasteiger partial charge in [-0.15, -0.1) is 0 Å². The Balaban J connectivity index is 1.33. The molecule has 4 rings (SSSR count). The first kappa shape index (κ1) is 23.9. The summed E-state index contributed by atoms with van der Waals surface area (Å²) in [5, 5.41) is 4.45. The molecule has 3 aromatic carbocycles. The van der Waals surface area contributed by atoms with Crippen molar-refractivity contribution in [3.8, 4) is 5.75 Å². The highest BCUT2D eigenvalue weighted by Gasteiger charge is 2.39. The molecule has 1 aliphatic heterocycles. The van der Waals surface area contributed by atoms with Crippen molar-refractivity contribution in [1.82, 2.24) is 9.73 Å². The minimum Gasteiger partial charge on any atom is -0.489 e. The normalized spacial score (nSPS) is 16.6. The molecule has 176 valence electrons. The lowest BCUT2D eigenvalue weighted by atomic mass is 10.2. The number of hydrogen-bond donors (Lipinski definition) is 1. The Morgan fingerprint density at radius 2 is 1.76 bits per heavy atom. The maximum absolute atomic E-state index is 13.0. The van der Waals surface area contributed by atoms with Crippen molar-refractivity contribution in [2.75, 3.05) is 6.54 Å². The van der Waals surface area contributed by atoms with Crippen LogP contribution in [0.2, 0.25) is 5.02 Å². The average Bonchev–Trinajstić information content (AvgIpc) is 3.36. The predicted octanol–water partition coefficient (Wildman–Crippen LogP) is 4.22. The van der Waals surface area contributed by atoms with Crippen LogP contribution >= 0.6 is 11.6 Å². The zero-order valence-electron chi connectivity index (χ0n) is 18.3. The Morgan fingerprint density at radius 3 is 2.47 bits per heavy atom. The molecule has 1 aliphatic rings. The lowest BCUT2D eigenvalue weighted by Gasteiger charge is -2.22. The molecule has 1 atom stereocenters. The van der Waals surface area contributed by atoms with Gasteiger partial charge in [-0.25, -0.2) is 13.8 Å². The third kappa shape index (κ3) is 5.83. The summed E-state index contributed by atoms with van der Waals surface area (Å²) >= 11 is 5.86. The van der Waals surface area contributed by atoms with Gasteiger partial charge in [0.1, 0.15) is 18.4 Å². The van der Waals surface area contributed by atoms with Crippen molar-refractivity contribution >= 4 is 33.7 Å². The minimum atomic E-state index is -3.81. The Labute approximate surface area is 204 Å². The Hall–Kier alpha value is -3.20. The zero-order valence-corrected chi connectivity index (χ0v) is 19.9. The molecule has 0 spiro atoms. The molecule has 1 amide bonds. The van der Waals surface area contributed by atoms with Gasteiger partial charge in [-0.2, -0.15) is 9.41 Å². The van der Waals surface area contributed by atoms with Crippen LogP contribution in [0.4, 0.5) is 0 Å². The number of amides is 1. The van der Waals surface area contributed by atoms with Crippen molar-refractivity contribution in [3.05, 3.63) is 95.0 Å².